The minimum Gasteiger partial charge on any atom is -0.333 e. The number of allylic oxidation sites excluding steroid dienone is 4. The third-order valence-electron chi connectivity index (χ3n) is 1.85. The highest BCUT2D eigenvalue weighted by molar-refractivity contribution is 5.94. The van der Waals surface area contributed by atoms with Crippen molar-refractivity contribution < 1.29 is 0 Å². The van der Waals surface area contributed by atoms with E-state index in [0.29, 0.717) is 0 Å². The molecule has 0 aliphatic carbocycles. The summed E-state index contributed by atoms with van der Waals surface area (Å²) in [6.45, 7) is 7.71. The molecule has 1 aliphatic heterocycles. The van der Waals surface area contributed by atoms with E-state index in [9.17, 15) is 0 Å². The number of nitrogens with zero attached hydrogens (tertiary/aromatic N) is 2. The molecule has 0 N–H and O–H groups in total. The predicted molar refractivity (Wildman–Crippen MR) is 52.9 cm³/mol. The van der Waals surface area contributed by atoms with Crippen molar-refractivity contribution in [2.75, 3.05) is 7.05 Å². The van der Waals surface area contributed by atoms with Gasteiger partial charge in [0.2, 0.25) is 0 Å². The average Bonchev–Trinajstić information content (AvgIpc) is 2.00. The molecule has 0 saturated heterocycles. The zero-order chi connectivity index (χ0) is 9.14. The smallest absolute Gasteiger partial charge is 0.132 e. The van der Waals surface area contributed by atoms with Crippen LogP contribution in [0.3, 0.4) is 0 Å². The van der Waals surface area contributed by atoms with Crippen molar-refractivity contribution in [2.45, 2.75) is 13.8 Å². The number of aliphatic imine (C=N–C) groups is 1. The Morgan fingerprint density at radius 3 is 2.75 bits per heavy atom. The van der Waals surface area contributed by atoms with Crippen molar-refractivity contribution in [3.63, 3.8) is 0 Å². The second-order valence-electron chi connectivity index (χ2n) is 2.86. The normalized spacial score (nSPS) is 20.6. The molecule has 64 valence electrons. The molecule has 0 fully saturated rings. The lowest BCUT2D eigenvalue weighted by Gasteiger charge is -2.23. The number of rotatable bonds is 1. The molecule has 0 unspecified atom stereocenters. The topological polar surface area (TPSA) is 15.6 Å². The Morgan fingerprint density at radius 1 is 1.50 bits per heavy atom. The summed E-state index contributed by atoms with van der Waals surface area (Å²) in [5, 5.41) is 0. The molecular weight excluding hydrogens is 148 g/mol. The summed E-state index contributed by atoms with van der Waals surface area (Å²) in [7, 11) is 2.00. The molecule has 12 heavy (non-hydrogen) atoms. The van der Waals surface area contributed by atoms with Crippen LogP contribution in [-0.4, -0.2) is 17.7 Å². The van der Waals surface area contributed by atoms with Gasteiger partial charge in [-0.1, -0.05) is 12.7 Å². The summed E-state index contributed by atoms with van der Waals surface area (Å²) in [5.74, 6) is 0.947. The van der Waals surface area contributed by atoms with Crippen LogP contribution in [0.1, 0.15) is 13.8 Å². The first-order valence-corrected chi connectivity index (χ1v) is 3.95. The van der Waals surface area contributed by atoms with Crippen LogP contribution in [0.2, 0.25) is 0 Å². The zero-order valence-electron chi connectivity index (χ0n) is 7.83. The van der Waals surface area contributed by atoms with Gasteiger partial charge in [0.05, 0.1) is 0 Å². The molecule has 0 amide bonds. The first-order chi connectivity index (χ1) is 5.65. The van der Waals surface area contributed by atoms with Crippen LogP contribution in [0.5, 0.6) is 0 Å². The first kappa shape index (κ1) is 8.78. The van der Waals surface area contributed by atoms with Crippen LogP contribution in [0.25, 0.3) is 0 Å². The van der Waals surface area contributed by atoms with Crippen molar-refractivity contribution in [1.82, 2.24) is 4.90 Å². The van der Waals surface area contributed by atoms with Gasteiger partial charge < -0.3 is 4.90 Å². The standard InChI is InChI=1S/C10H14N2/c1-5-6-10-11-8(2)7-9(3)12(10)4/h5-7H,1H2,2-4H3/b10-6-. The molecule has 2 heteroatoms. The minimum atomic E-state index is 0.947. The van der Waals surface area contributed by atoms with Gasteiger partial charge in [0.15, 0.2) is 0 Å². The van der Waals surface area contributed by atoms with Crippen LogP contribution in [0.15, 0.2) is 41.3 Å². The highest BCUT2D eigenvalue weighted by Gasteiger charge is 2.09. The van der Waals surface area contributed by atoms with Crippen molar-refractivity contribution in [1.29, 1.82) is 0 Å². The summed E-state index contributed by atoms with van der Waals surface area (Å²) in [6, 6.07) is 0. The Hall–Kier alpha value is -1.31. The van der Waals surface area contributed by atoms with Gasteiger partial charge in [0, 0.05) is 18.5 Å². The van der Waals surface area contributed by atoms with Gasteiger partial charge in [0.25, 0.3) is 0 Å². The van der Waals surface area contributed by atoms with Crippen LogP contribution in [0.4, 0.5) is 0 Å². The fourth-order valence-corrected chi connectivity index (χ4v) is 1.12. The number of hydrogen-bond donors (Lipinski definition) is 0. The molecule has 1 rings (SSSR count). The van der Waals surface area contributed by atoms with Crippen molar-refractivity contribution in [2.24, 2.45) is 4.99 Å². The van der Waals surface area contributed by atoms with Gasteiger partial charge >= 0.3 is 0 Å². The molecule has 0 aromatic rings. The third kappa shape index (κ3) is 1.64. The first-order valence-electron chi connectivity index (χ1n) is 3.95. The fourth-order valence-electron chi connectivity index (χ4n) is 1.12. The van der Waals surface area contributed by atoms with Crippen LogP contribution < -0.4 is 0 Å². The van der Waals surface area contributed by atoms with Gasteiger partial charge in [-0.2, -0.15) is 0 Å². The molecule has 1 aliphatic rings. The van der Waals surface area contributed by atoms with E-state index in [4.69, 9.17) is 0 Å². The van der Waals surface area contributed by atoms with Gasteiger partial charge in [-0.15, -0.1) is 0 Å². The Labute approximate surface area is 73.6 Å². The summed E-state index contributed by atoms with van der Waals surface area (Å²) in [4.78, 5) is 6.40. The van der Waals surface area contributed by atoms with Crippen molar-refractivity contribution in [3.8, 4) is 0 Å². The lowest BCUT2D eigenvalue weighted by molar-refractivity contribution is 0.510. The summed E-state index contributed by atoms with van der Waals surface area (Å²) in [6.07, 6.45) is 5.71. The molecule has 0 radical (unpaired) electrons. The molecule has 1 heterocycles. The van der Waals surface area contributed by atoms with Gasteiger partial charge in [-0.3, -0.25) is 0 Å². The second kappa shape index (κ2) is 3.39. The molecular formula is C10H14N2. The van der Waals surface area contributed by atoms with Crippen LogP contribution >= 0.6 is 0 Å². The molecule has 2 nitrogen and oxygen atoms in total. The maximum Gasteiger partial charge on any atom is 0.132 e. The third-order valence-corrected chi connectivity index (χ3v) is 1.85. The highest BCUT2D eigenvalue weighted by atomic mass is 15.2. The lowest BCUT2D eigenvalue weighted by Crippen LogP contribution is -2.19. The van der Waals surface area contributed by atoms with Gasteiger partial charge in [0.1, 0.15) is 5.82 Å². The van der Waals surface area contributed by atoms with E-state index in [-0.39, 0.29) is 0 Å². The van der Waals surface area contributed by atoms with E-state index < -0.39 is 0 Å². The van der Waals surface area contributed by atoms with Gasteiger partial charge in [-0.25, -0.2) is 4.99 Å². The van der Waals surface area contributed by atoms with E-state index >= 15 is 0 Å². The Balaban J connectivity index is 3.01. The van der Waals surface area contributed by atoms with Crippen molar-refractivity contribution >= 4 is 5.71 Å². The van der Waals surface area contributed by atoms with E-state index in [0.717, 1.165) is 11.5 Å². The fraction of sp³-hybridized carbons (Fsp3) is 0.300. The SMILES string of the molecule is C=C/C=C1/N=C(C)C=C(C)N1C. The predicted octanol–water partition coefficient (Wildman–Crippen LogP) is 2.32. The molecule has 0 saturated carbocycles. The quantitative estimate of drug-likeness (QED) is 0.577. The van der Waals surface area contributed by atoms with Crippen LogP contribution in [0, 0.1) is 0 Å². The second-order valence-corrected chi connectivity index (χ2v) is 2.86. The molecule has 0 atom stereocenters. The Morgan fingerprint density at radius 2 is 2.17 bits per heavy atom. The van der Waals surface area contributed by atoms with Crippen LogP contribution in [-0.2, 0) is 0 Å². The summed E-state index contributed by atoms with van der Waals surface area (Å²) < 4.78 is 0. The maximum atomic E-state index is 4.36. The van der Waals surface area contributed by atoms with E-state index in [2.05, 4.69) is 24.6 Å². The summed E-state index contributed by atoms with van der Waals surface area (Å²) >= 11 is 0. The number of hydrogen-bond acceptors (Lipinski definition) is 2. The molecule has 0 aromatic heterocycles. The Bertz CT molecular complexity index is 282. The molecule has 0 bridgehead atoms. The monoisotopic (exact) mass is 162 g/mol. The summed E-state index contributed by atoms with van der Waals surface area (Å²) in [5.41, 5.74) is 2.24. The van der Waals surface area contributed by atoms with E-state index in [1.54, 1.807) is 6.08 Å². The molecule has 0 aromatic carbocycles. The van der Waals surface area contributed by atoms with E-state index in [1.807, 2.05) is 24.9 Å². The largest absolute Gasteiger partial charge is 0.333 e. The maximum absolute atomic E-state index is 4.36. The average molecular weight is 162 g/mol. The minimum absolute atomic E-state index is 0.947. The Kier molecular flexibility index (Phi) is 2.48. The zero-order valence-corrected chi connectivity index (χ0v) is 7.83. The van der Waals surface area contributed by atoms with E-state index in [1.165, 1.54) is 5.70 Å². The van der Waals surface area contributed by atoms with Crippen molar-refractivity contribution in [3.05, 3.63) is 36.3 Å². The molecule has 0 spiro atoms. The lowest BCUT2D eigenvalue weighted by atomic mass is 10.2. The highest BCUT2D eigenvalue weighted by Crippen LogP contribution is 2.16. The van der Waals surface area contributed by atoms with Gasteiger partial charge in [-0.05, 0) is 26.0 Å².